The molecule has 2 aromatic rings. The van der Waals surface area contributed by atoms with Gasteiger partial charge in [0, 0.05) is 31.7 Å². The second-order valence-electron chi connectivity index (χ2n) is 7.11. The van der Waals surface area contributed by atoms with Crippen LogP contribution in [-0.2, 0) is 14.8 Å². The predicted octanol–water partition coefficient (Wildman–Crippen LogP) is 1.69. The first-order valence-corrected chi connectivity index (χ1v) is 10.9. The Morgan fingerprint density at radius 3 is 2.57 bits per heavy atom. The lowest BCUT2D eigenvalue weighted by Gasteiger charge is -2.34. The van der Waals surface area contributed by atoms with Crippen LogP contribution in [0.1, 0.15) is 17.3 Å². The second kappa shape index (κ2) is 7.69. The topological polar surface area (TPSA) is 96.0 Å². The molecule has 158 valence electrons. The van der Waals surface area contributed by atoms with Gasteiger partial charge in [0.1, 0.15) is 11.6 Å². The smallest absolute Gasteiger partial charge is 0.265 e. The highest BCUT2D eigenvalue weighted by molar-refractivity contribution is 7.89. The number of benzene rings is 2. The second-order valence-corrected chi connectivity index (χ2v) is 9.05. The molecule has 2 heterocycles. The summed E-state index contributed by atoms with van der Waals surface area (Å²) in [5, 5.41) is 2.64. The van der Waals surface area contributed by atoms with E-state index < -0.39 is 21.9 Å². The molecule has 0 aliphatic carbocycles. The number of rotatable bonds is 3. The zero-order valence-electron chi connectivity index (χ0n) is 16.2. The maximum atomic E-state index is 13.4. The first-order valence-electron chi connectivity index (χ1n) is 9.42. The first-order chi connectivity index (χ1) is 14.3. The molecule has 1 N–H and O–H groups in total. The van der Waals surface area contributed by atoms with Crippen molar-refractivity contribution in [1.29, 1.82) is 0 Å². The Labute approximate surface area is 173 Å². The summed E-state index contributed by atoms with van der Waals surface area (Å²) in [6.45, 7) is 2.21. The highest BCUT2D eigenvalue weighted by Crippen LogP contribution is 2.33. The summed E-state index contributed by atoms with van der Waals surface area (Å²) in [6, 6.07) is 9.73. The number of nitrogens with zero attached hydrogens (tertiary/aromatic N) is 2. The van der Waals surface area contributed by atoms with E-state index >= 15 is 0 Å². The lowest BCUT2D eigenvalue weighted by molar-refractivity contribution is -0.122. The van der Waals surface area contributed by atoms with Gasteiger partial charge in [-0.15, -0.1) is 0 Å². The van der Waals surface area contributed by atoms with E-state index in [-0.39, 0.29) is 48.5 Å². The number of fused-ring (bicyclic) bond motifs is 1. The molecule has 4 rings (SSSR count). The van der Waals surface area contributed by atoms with Crippen molar-refractivity contribution in [2.45, 2.75) is 17.9 Å². The van der Waals surface area contributed by atoms with E-state index in [0.29, 0.717) is 11.4 Å². The zero-order valence-corrected chi connectivity index (χ0v) is 17.0. The molecule has 2 aromatic carbocycles. The van der Waals surface area contributed by atoms with Crippen LogP contribution in [0.3, 0.4) is 0 Å². The Hall–Kier alpha value is -2.98. The molecule has 0 radical (unpaired) electrons. The Bertz CT molecular complexity index is 1110. The number of piperazine rings is 1. The number of anilines is 1. The van der Waals surface area contributed by atoms with Crippen LogP contribution in [0.15, 0.2) is 47.4 Å². The monoisotopic (exact) mass is 433 g/mol. The van der Waals surface area contributed by atoms with Crippen LogP contribution in [0.2, 0.25) is 0 Å². The highest BCUT2D eigenvalue weighted by atomic mass is 32.2. The number of hydrogen-bond donors (Lipinski definition) is 1. The van der Waals surface area contributed by atoms with Crippen LogP contribution in [0.4, 0.5) is 10.1 Å². The summed E-state index contributed by atoms with van der Waals surface area (Å²) in [7, 11) is -3.82. The normalized spacial score (nSPS) is 19.6. The van der Waals surface area contributed by atoms with Crippen LogP contribution in [0.5, 0.6) is 5.75 Å². The summed E-state index contributed by atoms with van der Waals surface area (Å²) < 4.78 is 46.2. The van der Waals surface area contributed by atoms with Crippen LogP contribution in [0.25, 0.3) is 0 Å². The molecule has 1 saturated heterocycles. The molecular formula is C20H20FN3O5S. The van der Waals surface area contributed by atoms with Gasteiger partial charge in [0.25, 0.3) is 11.8 Å². The number of hydrogen-bond acceptors (Lipinski definition) is 5. The number of halogens is 1. The van der Waals surface area contributed by atoms with E-state index in [2.05, 4.69) is 5.32 Å². The third-order valence-electron chi connectivity index (χ3n) is 5.12. The van der Waals surface area contributed by atoms with Crippen molar-refractivity contribution in [2.75, 3.05) is 31.5 Å². The van der Waals surface area contributed by atoms with E-state index in [1.54, 1.807) is 6.92 Å². The van der Waals surface area contributed by atoms with Gasteiger partial charge in [-0.3, -0.25) is 9.59 Å². The van der Waals surface area contributed by atoms with Gasteiger partial charge in [-0.2, -0.15) is 4.31 Å². The average Bonchev–Trinajstić information content (AvgIpc) is 2.74. The summed E-state index contributed by atoms with van der Waals surface area (Å²) >= 11 is 0. The van der Waals surface area contributed by atoms with Crippen LogP contribution in [0, 0.1) is 5.82 Å². The van der Waals surface area contributed by atoms with Gasteiger partial charge in [0.2, 0.25) is 10.0 Å². The number of carbonyl (C=O) groups is 2. The van der Waals surface area contributed by atoms with Gasteiger partial charge >= 0.3 is 0 Å². The van der Waals surface area contributed by atoms with Gasteiger partial charge in [-0.05, 0) is 43.3 Å². The molecule has 30 heavy (non-hydrogen) atoms. The molecule has 0 aromatic heterocycles. The summed E-state index contributed by atoms with van der Waals surface area (Å²) in [5.41, 5.74) is 0.532. The molecule has 2 amide bonds. The largest absolute Gasteiger partial charge is 0.479 e. The van der Waals surface area contributed by atoms with E-state index in [4.69, 9.17) is 4.74 Å². The van der Waals surface area contributed by atoms with Gasteiger partial charge in [-0.1, -0.05) is 6.07 Å². The van der Waals surface area contributed by atoms with E-state index in [1.807, 2.05) is 0 Å². The fourth-order valence-electron chi connectivity index (χ4n) is 3.43. The van der Waals surface area contributed by atoms with Crippen LogP contribution < -0.4 is 10.1 Å². The fraction of sp³-hybridized carbons (Fsp3) is 0.300. The first kappa shape index (κ1) is 20.3. The summed E-state index contributed by atoms with van der Waals surface area (Å²) in [5.74, 6) is -0.776. The molecule has 2 aliphatic rings. The minimum absolute atomic E-state index is 0.0320. The summed E-state index contributed by atoms with van der Waals surface area (Å²) in [6.07, 6.45) is -0.649. The third kappa shape index (κ3) is 3.75. The van der Waals surface area contributed by atoms with Crippen molar-refractivity contribution in [3.05, 3.63) is 53.8 Å². The number of amides is 2. The molecule has 1 fully saturated rings. The minimum atomic E-state index is -3.82. The molecule has 1 atom stereocenters. The van der Waals surface area contributed by atoms with Gasteiger partial charge in [0.15, 0.2) is 6.10 Å². The SMILES string of the molecule is CC1Oc2ccc(S(=O)(=O)N3CCN(C(=O)c4cccc(F)c4)CC3)cc2NC1=O. The fourth-order valence-corrected chi connectivity index (χ4v) is 4.88. The lowest BCUT2D eigenvalue weighted by Crippen LogP contribution is -2.50. The zero-order chi connectivity index (χ0) is 21.5. The van der Waals surface area contributed by atoms with Crippen molar-refractivity contribution < 1.29 is 27.1 Å². The minimum Gasteiger partial charge on any atom is -0.479 e. The summed E-state index contributed by atoms with van der Waals surface area (Å²) in [4.78, 5) is 25.9. The number of nitrogens with one attached hydrogen (secondary N) is 1. The van der Waals surface area contributed by atoms with E-state index in [9.17, 15) is 22.4 Å². The van der Waals surface area contributed by atoms with E-state index in [1.165, 1.54) is 45.6 Å². The number of ether oxygens (including phenoxy) is 1. The predicted molar refractivity (Wildman–Crippen MR) is 106 cm³/mol. The highest BCUT2D eigenvalue weighted by Gasteiger charge is 2.32. The maximum Gasteiger partial charge on any atom is 0.265 e. The van der Waals surface area contributed by atoms with Crippen LogP contribution >= 0.6 is 0 Å². The quantitative estimate of drug-likeness (QED) is 0.795. The molecular weight excluding hydrogens is 413 g/mol. The van der Waals surface area contributed by atoms with Gasteiger partial charge < -0.3 is 15.0 Å². The molecule has 2 aliphatic heterocycles. The molecule has 0 saturated carbocycles. The standard InChI is InChI=1S/C20H20FN3O5S/c1-13-19(25)22-17-12-16(5-6-18(17)29-13)30(27,28)24-9-7-23(8-10-24)20(26)14-3-2-4-15(21)11-14/h2-6,11-13H,7-10H2,1H3,(H,22,25). The Morgan fingerprint density at radius 2 is 1.87 bits per heavy atom. The number of carbonyl (C=O) groups excluding carboxylic acids is 2. The van der Waals surface area contributed by atoms with Crippen molar-refractivity contribution >= 4 is 27.5 Å². The molecule has 0 bridgehead atoms. The Balaban J connectivity index is 1.47. The van der Waals surface area contributed by atoms with E-state index in [0.717, 1.165) is 6.07 Å². The average molecular weight is 433 g/mol. The van der Waals surface area contributed by atoms with Crippen molar-refractivity contribution in [3.8, 4) is 5.75 Å². The maximum absolute atomic E-state index is 13.4. The lowest BCUT2D eigenvalue weighted by atomic mass is 10.2. The Morgan fingerprint density at radius 1 is 1.13 bits per heavy atom. The Kier molecular flexibility index (Phi) is 5.20. The van der Waals surface area contributed by atoms with Gasteiger partial charge in [-0.25, -0.2) is 12.8 Å². The van der Waals surface area contributed by atoms with Crippen molar-refractivity contribution in [1.82, 2.24) is 9.21 Å². The molecule has 1 unspecified atom stereocenters. The van der Waals surface area contributed by atoms with Crippen LogP contribution in [-0.4, -0.2) is 61.7 Å². The third-order valence-corrected chi connectivity index (χ3v) is 7.01. The molecule has 8 nitrogen and oxygen atoms in total. The van der Waals surface area contributed by atoms with Gasteiger partial charge in [0.05, 0.1) is 10.6 Å². The molecule has 0 spiro atoms. The molecule has 10 heteroatoms. The van der Waals surface area contributed by atoms with Crippen molar-refractivity contribution in [2.24, 2.45) is 0 Å². The van der Waals surface area contributed by atoms with Crippen molar-refractivity contribution in [3.63, 3.8) is 0 Å². The number of sulfonamides is 1.